The topological polar surface area (TPSA) is 45.2 Å². The van der Waals surface area contributed by atoms with Crippen molar-refractivity contribution in [3.8, 4) is 0 Å². The van der Waals surface area contributed by atoms with E-state index in [0.29, 0.717) is 31.7 Å². The van der Waals surface area contributed by atoms with Gasteiger partial charge in [-0.2, -0.15) is 13.2 Å². The van der Waals surface area contributed by atoms with Gasteiger partial charge in [-0.05, 0) is 25.0 Å². The Morgan fingerprint density at radius 1 is 1.26 bits per heavy atom. The lowest BCUT2D eigenvalue weighted by atomic mass is 9.94. The average molecular weight is 329 g/mol. The number of carbonyl (C=O) groups excluding carboxylic acids is 1. The second-order valence-corrected chi connectivity index (χ2v) is 6.89. The molecule has 1 aliphatic heterocycles. The van der Waals surface area contributed by atoms with E-state index in [1.807, 2.05) is 25.7 Å². The van der Waals surface area contributed by atoms with Crippen LogP contribution in [-0.4, -0.2) is 30.0 Å². The second-order valence-electron chi connectivity index (χ2n) is 6.89. The van der Waals surface area contributed by atoms with Gasteiger partial charge in [-0.3, -0.25) is 4.79 Å². The molecule has 1 aromatic rings. The summed E-state index contributed by atoms with van der Waals surface area (Å²) in [5, 5.41) is 3.00. The van der Waals surface area contributed by atoms with Crippen LogP contribution in [0, 0.1) is 5.41 Å². The summed E-state index contributed by atoms with van der Waals surface area (Å²) < 4.78 is 38.3. The van der Waals surface area contributed by atoms with Gasteiger partial charge >= 0.3 is 6.18 Å². The first kappa shape index (κ1) is 17.6. The van der Waals surface area contributed by atoms with Crippen LogP contribution in [0.5, 0.6) is 0 Å². The molecule has 7 heteroatoms. The van der Waals surface area contributed by atoms with Gasteiger partial charge in [0.15, 0.2) is 0 Å². The van der Waals surface area contributed by atoms with Crippen molar-refractivity contribution in [1.29, 1.82) is 0 Å². The van der Waals surface area contributed by atoms with Crippen molar-refractivity contribution in [3.05, 3.63) is 23.9 Å². The Morgan fingerprint density at radius 3 is 2.39 bits per heavy atom. The number of pyridine rings is 1. The fourth-order valence-electron chi connectivity index (χ4n) is 2.42. The molecule has 1 N–H and O–H groups in total. The standard InChI is InChI=1S/C16H22F3N3O/c1-15(2,3)14(23)21-12-5-8-22(9-6-12)13-10-11(4-7-20-13)16(17,18)19/h4,7,10,12H,5-6,8-9H2,1-3H3,(H,21,23). The number of hydrogen-bond acceptors (Lipinski definition) is 3. The van der Waals surface area contributed by atoms with E-state index < -0.39 is 17.2 Å². The number of carbonyl (C=O) groups is 1. The van der Waals surface area contributed by atoms with Gasteiger partial charge in [0, 0.05) is 30.7 Å². The number of amides is 1. The highest BCUT2D eigenvalue weighted by molar-refractivity contribution is 5.81. The van der Waals surface area contributed by atoms with Gasteiger partial charge < -0.3 is 10.2 Å². The van der Waals surface area contributed by atoms with Crippen LogP contribution >= 0.6 is 0 Å². The van der Waals surface area contributed by atoms with Gasteiger partial charge in [-0.25, -0.2) is 4.98 Å². The highest BCUT2D eigenvalue weighted by atomic mass is 19.4. The Balaban J connectivity index is 1.96. The molecule has 1 fully saturated rings. The molecule has 4 nitrogen and oxygen atoms in total. The zero-order chi connectivity index (χ0) is 17.3. The molecule has 1 aromatic heterocycles. The highest BCUT2D eigenvalue weighted by Crippen LogP contribution is 2.31. The molecule has 0 aliphatic carbocycles. The van der Waals surface area contributed by atoms with Crippen molar-refractivity contribution in [3.63, 3.8) is 0 Å². The summed E-state index contributed by atoms with van der Waals surface area (Å²) in [4.78, 5) is 17.8. The molecule has 128 valence electrons. The quantitative estimate of drug-likeness (QED) is 0.906. The van der Waals surface area contributed by atoms with Crippen molar-refractivity contribution in [1.82, 2.24) is 10.3 Å². The lowest BCUT2D eigenvalue weighted by Gasteiger charge is -2.34. The van der Waals surface area contributed by atoms with Crippen molar-refractivity contribution in [2.75, 3.05) is 18.0 Å². The number of piperidine rings is 1. The maximum atomic E-state index is 12.8. The van der Waals surface area contributed by atoms with Crippen molar-refractivity contribution in [2.45, 2.75) is 45.8 Å². The lowest BCUT2D eigenvalue weighted by Crippen LogP contribution is -2.47. The number of alkyl halides is 3. The minimum atomic E-state index is -4.36. The third-order valence-electron chi connectivity index (χ3n) is 3.91. The molecule has 0 spiro atoms. The summed E-state index contributed by atoms with van der Waals surface area (Å²) in [5.74, 6) is 0.327. The molecule has 0 bridgehead atoms. The van der Waals surface area contributed by atoms with E-state index in [1.54, 1.807) is 0 Å². The number of aromatic nitrogens is 1. The molecule has 0 unspecified atom stereocenters. The lowest BCUT2D eigenvalue weighted by molar-refractivity contribution is -0.137. The van der Waals surface area contributed by atoms with Gasteiger partial charge in [0.1, 0.15) is 5.82 Å². The van der Waals surface area contributed by atoms with E-state index in [4.69, 9.17) is 0 Å². The van der Waals surface area contributed by atoms with Crippen molar-refractivity contribution < 1.29 is 18.0 Å². The molecule has 0 atom stereocenters. The molecule has 0 saturated carbocycles. The third-order valence-corrected chi connectivity index (χ3v) is 3.91. The van der Waals surface area contributed by atoms with E-state index in [-0.39, 0.29) is 11.9 Å². The number of nitrogens with one attached hydrogen (secondary N) is 1. The fraction of sp³-hybridized carbons (Fsp3) is 0.625. The number of anilines is 1. The summed E-state index contributed by atoms with van der Waals surface area (Å²) in [7, 11) is 0. The van der Waals surface area contributed by atoms with Crippen LogP contribution < -0.4 is 10.2 Å². The Labute approximate surface area is 134 Å². The molecule has 1 saturated heterocycles. The number of halogens is 3. The van der Waals surface area contributed by atoms with Crippen LogP contribution in [0.4, 0.5) is 19.0 Å². The zero-order valence-corrected chi connectivity index (χ0v) is 13.6. The Hall–Kier alpha value is -1.79. The first-order valence-corrected chi connectivity index (χ1v) is 7.66. The van der Waals surface area contributed by atoms with E-state index in [1.165, 1.54) is 6.20 Å². The molecule has 23 heavy (non-hydrogen) atoms. The molecule has 2 heterocycles. The van der Waals surface area contributed by atoms with Crippen molar-refractivity contribution in [2.24, 2.45) is 5.41 Å². The predicted octanol–water partition coefficient (Wildman–Crippen LogP) is 3.23. The smallest absolute Gasteiger partial charge is 0.356 e. The minimum absolute atomic E-state index is 0.00635. The summed E-state index contributed by atoms with van der Waals surface area (Å²) in [6, 6.07) is 2.11. The Morgan fingerprint density at radius 2 is 1.87 bits per heavy atom. The van der Waals surface area contributed by atoms with Crippen LogP contribution in [-0.2, 0) is 11.0 Å². The van der Waals surface area contributed by atoms with E-state index in [2.05, 4.69) is 10.3 Å². The molecule has 0 radical (unpaired) electrons. The van der Waals surface area contributed by atoms with Crippen LogP contribution in [0.1, 0.15) is 39.2 Å². The SMILES string of the molecule is CC(C)(C)C(=O)NC1CCN(c2cc(C(F)(F)F)ccn2)CC1. The van der Waals surface area contributed by atoms with Gasteiger partial charge in [-0.15, -0.1) is 0 Å². The summed E-state index contributed by atoms with van der Waals surface area (Å²) in [6.07, 6.45) is -1.79. The monoisotopic (exact) mass is 329 g/mol. The van der Waals surface area contributed by atoms with E-state index >= 15 is 0 Å². The molecule has 1 amide bonds. The Bertz CT molecular complexity index is 558. The average Bonchev–Trinajstić information content (AvgIpc) is 2.46. The maximum absolute atomic E-state index is 12.8. The van der Waals surface area contributed by atoms with Gasteiger partial charge in [0.25, 0.3) is 0 Å². The molecule has 0 aromatic carbocycles. The third kappa shape index (κ3) is 4.59. The van der Waals surface area contributed by atoms with E-state index in [9.17, 15) is 18.0 Å². The molecular formula is C16H22F3N3O. The first-order chi connectivity index (χ1) is 10.6. The minimum Gasteiger partial charge on any atom is -0.356 e. The second kappa shape index (κ2) is 6.37. The summed E-state index contributed by atoms with van der Waals surface area (Å²) in [6.45, 7) is 6.70. The fourth-order valence-corrected chi connectivity index (χ4v) is 2.42. The first-order valence-electron chi connectivity index (χ1n) is 7.66. The summed E-state index contributed by atoms with van der Waals surface area (Å²) >= 11 is 0. The maximum Gasteiger partial charge on any atom is 0.416 e. The Kier molecular flexibility index (Phi) is 4.87. The van der Waals surface area contributed by atoms with Gasteiger partial charge in [0.05, 0.1) is 5.56 Å². The normalized spacial score (nSPS) is 17.2. The van der Waals surface area contributed by atoms with Crippen molar-refractivity contribution >= 4 is 11.7 Å². The van der Waals surface area contributed by atoms with Crippen LogP contribution in [0.25, 0.3) is 0 Å². The van der Waals surface area contributed by atoms with Crippen LogP contribution in [0.15, 0.2) is 18.3 Å². The molecular weight excluding hydrogens is 307 g/mol. The molecule has 1 aliphatic rings. The molecule has 2 rings (SSSR count). The summed E-state index contributed by atoms with van der Waals surface area (Å²) in [5.41, 5.74) is -1.13. The highest BCUT2D eigenvalue weighted by Gasteiger charge is 2.32. The number of rotatable bonds is 2. The number of nitrogens with zero attached hydrogens (tertiary/aromatic N) is 2. The van der Waals surface area contributed by atoms with Gasteiger partial charge in [0.2, 0.25) is 5.91 Å². The van der Waals surface area contributed by atoms with E-state index in [0.717, 1.165) is 12.1 Å². The van der Waals surface area contributed by atoms with Crippen LogP contribution in [0.3, 0.4) is 0 Å². The predicted molar refractivity (Wildman–Crippen MR) is 82.1 cm³/mol. The zero-order valence-electron chi connectivity index (χ0n) is 13.6. The van der Waals surface area contributed by atoms with Gasteiger partial charge in [-0.1, -0.05) is 20.8 Å². The number of hydrogen-bond donors (Lipinski definition) is 1. The largest absolute Gasteiger partial charge is 0.416 e. The van der Waals surface area contributed by atoms with Crippen LogP contribution in [0.2, 0.25) is 0 Å².